The number of fused-ring (bicyclic) bond motifs is 1. The van der Waals surface area contributed by atoms with Crippen molar-refractivity contribution in [1.82, 2.24) is 5.32 Å². The molecule has 4 rings (SSSR count). The smallest absolute Gasteiger partial charge is 0.265 e. The quantitative estimate of drug-likeness (QED) is 0.234. The molecule has 0 aromatic heterocycles. The Morgan fingerprint density at radius 1 is 1.03 bits per heavy atom. The van der Waals surface area contributed by atoms with Gasteiger partial charge in [0.05, 0.1) is 17.1 Å². The van der Waals surface area contributed by atoms with Crippen molar-refractivity contribution in [1.29, 1.82) is 0 Å². The highest BCUT2D eigenvalue weighted by Crippen LogP contribution is 2.43. The molecule has 0 unspecified atom stereocenters. The summed E-state index contributed by atoms with van der Waals surface area (Å²) in [6.45, 7) is 5.32. The van der Waals surface area contributed by atoms with Gasteiger partial charge >= 0.3 is 0 Å². The van der Waals surface area contributed by atoms with E-state index in [2.05, 4.69) is 31.3 Å². The predicted molar refractivity (Wildman–Crippen MR) is 154 cm³/mol. The summed E-state index contributed by atoms with van der Waals surface area (Å²) >= 11 is 3.38. The van der Waals surface area contributed by atoms with E-state index in [1.54, 1.807) is 4.90 Å². The number of nitrogens with one attached hydrogen (secondary N) is 1. The van der Waals surface area contributed by atoms with Crippen LogP contribution in [0.25, 0.3) is 6.08 Å². The first-order valence-electron chi connectivity index (χ1n) is 12.4. The zero-order valence-corrected chi connectivity index (χ0v) is 22.5. The third-order valence-electron chi connectivity index (χ3n) is 5.81. The molecule has 1 N–H and O–H groups in total. The lowest BCUT2D eigenvalue weighted by atomic mass is 10.1. The first-order chi connectivity index (χ1) is 17.5. The molecule has 0 aliphatic carbocycles. The summed E-state index contributed by atoms with van der Waals surface area (Å²) < 4.78 is 0. The van der Waals surface area contributed by atoms with E-state index in [0.29, 0.717) is 23.6 Å². The lowest BCUT2D eigenvalue weighted by Gasteiger charge is -2.31. The second-order valence-corrected chi connectivity index (χ2v) is 11.1. The van der Waals surface area contributed by atoms with Crippen LogP contribution >= 0.6 is 23.5 Å². The number of carbonyl (C=O) groups excluding carboxylic acids is 2. The first kappa shape index (κ1) is 26.1. The fraction of sp³-hybridized carbons (Fsp3) is 0.267. The van der Waals surface area contributed by atoms with Gasteiger partial charge in [0.1, 0.15) is 0 Å². The maximum atomic E-state index is 13.7. The molecule has 0 saturated heterocycles. The fourth-order valence-electron chi connectivity index (χ4n) is 4.03. The summed E-state index contributed by atoms with van der Waals surface area (Å²) in [6.07, 6.45) is 4.06. The second-order valence-electron chi connectivity index (χ2n) is 8.81. The lowest BCUT2D eigenvalue weighted by molar-refractivity contribution is -0.114. The normalized spacial score (nSPS) is 14.1. The van der Waals surface area contributed by atoms with Crippen LogP contribution in [0, 0.1) is 6.92 Å². The molecule has 2 amide bonds. The highest BCUT2D eigenvalue weighted by atomic mass is 32.2. The molecule has 3 aromatic carbocycles. The van der Waals surface area contributed by atoms with Crippen LogP contribution in [0.5, 0.6) is 0 Å². The molecule has 6 heteroatoms. The Bertz CT molecular complexity index is 1240. The molecule has 1 heterocycles. The lowest BCUT2D eigenvalue weighted by Crippen LogP contribution is -2.34. The van der Waals surface area contributed by atoms with Gasteiger partial charge in [-0.2, -0.15) is 11.8 Å². The highest BCUT2D eigenvalue weighted by Gasteiger charge is 2.30. The second kappa shape index (κ2) is 12.8. The van der Waals surface area contributed by atoms with Crippen molar-refractivity contribution in [2.24, 2.45) is 0 Å². The Morgan fingerprint density at radius 3 is 2.64 bits per heavy atom. The number of hydrogen-bond acceptors (Lipinski definition) is 4. The number of carbonyl (C=O) groups is 2. The van der Waals surface area contributed by atoms with Crippen molar-refractivity contribution in [3.63, 3.8) is 0 Å². The average molecular weight is 517 g/mol. The van der Waals surface area contributed by atoms with E-state index < -0.39 is 0 Å². The van der Waals surface area contributed by atoms with Crippen LogP contribution in [0.2, 0.25) is 0 Å². The van der Waals surface area contributed by atoms with Crippen LogP contribution < -0.4 is 10.2 Å². The van der Waals surface area contributed by atoms with Gasteiger partial charge in [0, 0.05) is 17.0 Å². The van der Waals surface area contributed by atoms with E-state index in [4.69, 9.17) is 0 Å². The van der Waals surface area contributed by atoms with Gasteiger partial charge in [0.15, 0.2) is 0 Å². The molecule has 0 fully saturated rings. The van der Waals surface area contributed by atoms with Crippen LogP contribution in [0.15, 0.2) is 82.6 Å². The Morgan fingerprint density at radius 2 is 1.86 bits per heavy atom. The molecule has 1 aliphatic heterocycles. The number of rotatable bonds is 10. The first-order valence-corrected chi connectivity index (χ1v) is 14.3. The minimum absolute atomic E-state index is 0.0524. The summed E-state index contributed by atoms with van der Waals surface area (Å²) in [5.41, 5.74) is 4.55. The minimum Gasteiger partial charge on any atom is -0.352 e. The monoisotopic (exact) mass is 516 g/mol. The predicted octanol–water partition coefficient (Wildman–Crippen LogP) is 6.94. The molecule has 0 bridgehead atoms. The zero-order valence-electron chi connectivity index (χ0n) is 20.8. The molecule has 1 aliphatic rings. The summed E-state index contributed by atoms with van der Waals surface area (Å²) in [7, 11) is 0. The summed E-state index contributed by atoms with van der Waals surface area (Å²) in [4.78, 5) is 30.0. The third kappa shape index (κ3) is 6.83. The van der Waals surface area contributed by atoms with E-state index in [9.17, 15) is 9.59 Å². The Labute approximate surface area is 222 Å². The molecule has 0 radical (unpaired) electrons. The van der Waals surface area contributed by atoms with Crippen molar-refractivity contribution in [3.8, 4) is 0 Å². The van der Waals surface area contributed by atoms with Crippen molar-refractivity contribution >= 4 is 47.1 Å². The van der Waals surface area contributed by atoms with Gasteiger partial charge in [-0.1, -0.05) is 78.8 Å². The summed E-state index contributed by atoms with van der Waals surface area (Å²) in [6, 6.07) is 23.8. The maximum Gasteiger partial charge on any atom is 0.265 e. The fourth-order valence-corrected chi connectivity index (χ4v) is 5.91. The van der Waals surface area contributed by atoms with Gasteiger partial charge in [0.2, 0.25) is 0 Å². The van der Waals surface area contributed by atoms with Crippen LogP contribution in [0.4, 0.5) is 5.69 Å². The topological polar surface area (TPSA) is 49.4 Å². The van der Waals surface area contributed by atoms with Crippen LogP contribution in [0.3, 0.4) is 0 Å². The number of anilines is 1. The largest absolute Gasteiger partial charge is 0.352 e. The van der Waals surface area contributed by atoms with Gasteiger partial charge < -0.3 is 10.2 Å². The van der Waals surface area contributed by atoms with Gasteiger partial charge in [-0.05, 0) is 66.7 Å². The highest BCUT2D eigenvalue weighted by molar-refractivity contribution is 8.04. The van der Waals surface area contributed by atoms with Gasteiger partial charge in [0.25, 0.3) is 11.8 Å². The molecule has 0 atom stereocenters. The summed E-state index contributed by atoms with van der Waals surface area (Å²) in [5.74, 6) is 2.05. The van der Waals surface area contributed by atoms with Gasteiger partial charge in [-0.3, -0.25) is 9.59 Å². The van der Waals surface area contributed by atoms with Crippen LogP contribution in [-0.4, -0.2) is 29.9 Å². The summed E-state index contributed by atoms with van der Waals surface area (Å²) in [5, 5.41) is 3.03. The number of hydrogen-bond donors (Lipinski definition) is 1. The van der Waals surface area contributed by atoms with E-state index >= 15 is 0 Å². The molecule has 36 heavy (non-hydrogen) atoms. The standard InChI is InChI=1S/C30H32N2O2S2/c1-3-16-35-17-8-15-31-29(33)25-13-14-27-26(20-25)32(21-24-12-7-9-22(2)18-24)30(34)28(36-27)19-23-10-5-4-6-11-23/h4-7,9-14,18-20H,3,8,15-17,21H2,1-2H3,(H,31,33). The number of amides is 2. The van der Waals surface area contributed by atoms with Crippen molar-refractivity contribution in [3.05, 3.63) is 100.0 Å². The Balaban J connectivity index is 1.59. The minimum atomic E-state index is -0.100. The number of nitrogens with zero attached hydrogens (tertiary/aromatic N) is 1. The zero-order chi connectivity index (χ0) is 25.3. The molecule has 186 valence electrons. The van der Waals surface area contributed by atoms with E-state index in [-0.39, 0.29) is 11.8 Å². The van der Waals surface area contributed by atoms with Crippen molar-refractivity contribution < 1.29 is 9.59 Å². The number of benzene rings is 3. The third-order valence-corrected chi connectivity index (χ3v) is 8.16. The van der Waals surface area contributed by atoms with E-state index in [0.717, 1.165) is 45.2 Å². The Hall–Kier alpha value is -2.96. The SMILES string of the molecule is CCCSCCCNC(=O)c1ccc2c(c1)N(Cc1cccc(C)c1)C(=O)C(=Cc1ccccc1)S2. The van der Waals surface area contributed by atoms with Crippen molar-refractivity contribution in [2.75, 3.05) is 23.0 Å². The molecule has 4 nitrogen and oxygen atoms in total. The maximum absolute atomic E-state index is 13.7. The molecular weight excluding hydrogens is 484 g/mol. The molecular formula is C30H32N2O2S2. The Kier molecular flexibility index (Phi) is 9.31. The van der Waals surface area contributed by atoms with E-state index in [1.165, 1.54) is 18.2 Å². The number of thioether (sulfide) groups is 2. The molecule has 3 aromatic rings. The van der Waals surface area contributed by atoms with Gasteiger partial charge in [-0.15, -0.1) is 0 Å². The average Bonchev–Trinajstić information content (AvgIpc) is 2.89. The number of aryl methyl sites for hydroxylation is 1. The van der Waals surface area contributed by atoms with Crippen LogP contribution in [0.1, 0.15) is 46.8 Å². The van der Waals surface area contributed by atoms with E-state index in [1.807, 2.05) is 78.5 Å². The van der Waals surface area contributed by atoms with Crippen LogP contribution in [-0.2, 0) is 11.3 Å². The van der Waals surface area contributed by atoms with Gasteiger partial charge in [-0.25, -0.2) is 0 Å². The molecule has 0 saturated carbocycles. The molecule has 0 spiro atoms. The van der Waals surface area contributed by atoms with Crippen molar-refractivity contribution in [2.45, 2.75) is 38.1 Å².